The molecule has 0 saturated carbocycles. The summed E-state index contributed by atoms with van der Waals surface area (Å²) in [4.78, 5) is 2.19. The highest BCUT2D eigenvalue weighted by molar-refractivity contribution is 6.33. The highest BCUT2D eigenvalue weighted by Gasteiger charge is 2.15. The number of ether oxygens (including phenoxy) is 1. The average Bonchev–Trinajstić information content (AvgIpc) is 2.38. The van der Waals surface area contributed by atoms with Gasteiger partial charge in [0.05, 0.1) is 36.6 Å². The number of hydrogen-bond acceptors (Lipinski definition) is 4. The lowest BCUT2D eigenvalue weighted by molar-refractivity contribution is 0.122. The molecule has 1 heterocycles. The second-order valence-electron chi connectivity index (χ2n) is 4.10. The summed E-state index contributed by atoms with van der Waals surface area (Å²) in [6.07, 6.45) is 0. The predicted octanol–water partition coefficient (Wildman–Crippen LogP) is 1.17. The van der Waals surface area contributed by atoms with Crippen LogP contribution in [0.1, 0.15) is 11.6 Å². The maximum absolute atomic E-state index is 9.00. The summed E-state index contributed by atoms with van der Waals surface area (Å²) in [5.74, 6) is 0. The van der Waals surface area contributed by atoms with Gasteiger partial charge in [0.15, 0.2) is 0 Å². The Bertz CT molecular complexity index is 381. The summed E-state index contributed by atoms with van der Waals surface area (Å²) in [5, 5.41) is 9.68. The van der Waals surface area contributed by atoms with Gasteiger partial charge in [-0.15, -0.1) is 0 Å². The standard InChI is InChI=1S/C12H17ClN2O2/c13-10-7-9(11(14)8-16)1-2-12(10)15-3-5-17-6-4-15/h1-2,7,11,16H,3-6,8,14H2/t11-/m1/s1. The van der Waals surface area contributed by atoms with Crippen LogP contribution < -0.4 is 10.6 Å². The van der Waals surface area contributed by atoms with Crippen molar-refractivity contribution in [2.45, 2.75) is 6.04 Å². The van der Waals surface area contributed by atoms with Gasteiger partial charge in [-0.05, 0) is 17.7 Å². The van der Waals surface area contributed by atoms with E-state index >= 15 is 0 Å². The van der Waals surface area contributed by atoms with Crippen molar-refractivity contribution in [1.29, 1.82) is 0 Å². The van der Waals surface area contributed by atoms with Gasteiger partial charge in [-0.3, -0.25) is 0 Å². The van der Waals surface area contributed by atoms with Gasteiger partial charge < -0.3 is 20.5 Å². The SMILES string of the molecule is N[C@H](CO)c1ccc(N2CCOCC2)c(Cl)c1. The Labute approximate surface area is 106 Å². The second-order valence-corrected chi connectivity index (χ2v) is 4.51. The minimum Gasteiger partial charge on any atom is -0.394 e. The van der Waals surface area contributed by atoms with E-state index in [0.29, 0.717) is 5.02 Å². The minimum absolute atomic E-state index is 0.0762. The monoisotopic (exact) mass is 256 g/mol. The summed E-state index contributed by atoms with van der Waals surface area (Å²) in [5.41, 5.74) is 7.61. The van der Waals surface area contributed by atoms with E-state index in [2.05, 4.69) is 4.90 Å². The molecule has 5 heteroatoms. The van der Waals surface area contributed by atoms with Crippen molar-refractivity contribution in [3.8, 4) is 0 Å². The molecule has 0 spiro atoms. The largest absolute Gasteiger partial charge is 0.394 e. The lowest BCUT2D eigenvalue weighted by Gasteiger charge is -2.29. The number of nitrogens with zero attached hydrogens (tertiary/aromatic N) is 1. The second kappa shape index (κ2) is 5.69. The van der Waals surface area contributed by atoms with Crippen molar-refractivity contribution in [3.63, 3.8) is 0 Å². The van der Waals surface area contributed by atoms with Crippen LogP contribution in [0.25, 0.3) is 0 Å². The zero-order valence-corrected chi connectivity index (χ0v) is 10.4. The number of aliphatic hydroxyl groups excluding tert-OH is 1. The third-order valence-corrected chi connectivity index (χ3v) is 3.25. The summed E-state index contributed by atoms with van der Waals surface area (Å²) in [6.45, 7) is 3.09. The van der Waals surface area contributed by atoms with E-state index in [4.69, 9.17) is 27.2 Å². The molecule has 17 heavy (non-hydrogen) atoms. The summed E-state index contributed by atoms with van der Waals surface area (Å²) in [6, 6.07) is 5.33. The molecular formula is C12H17ClN2O2. The topological polar surface area (TPSA) is 58.7 Å². The molecule has 0 unspecified atom stereocenters. The Morgan fingerprint density at radius 1 is 1.41 bits per heavy atom. The van der Waals surface area contributed by atoms with Crippen LogP contribution in [0.4, 0.5) is 5.69 Å². The van der Waals surface area contributed by atoms with E-state index in [1.807, 2.05) is 18.2 Å². The number of benzene rings is 1. The lowest BCUT2D eigenvalue weighted by Crippen LogP contribution is -2.36. The van der Waals surface area contributed by atoms with Gasteiger partial charge in [0.25, 0.3) is 0 Å². The molecule has 3 N–H and O–H groups in total. The van der Waals surface area contributed by atoms with E-state index in [1.54, 1.807) is 0 Å². The average molecular weight is 257 g/mol. The number of rotatable bonds is 3. The number of hydrogen-bond donors (Lipinski definition) is 2. The van der Waals surface area contributed by atoms with Crippen molar-refractivity contribution in [3.05, 3.63) is 28.8 Å². The molecule has 1 aromatic carbocycles. The van der Waals surface area contributed by atoms with Gasteiger partial charge in [0.1, 0.15) is 0 Å². The van der Waals surface area contributed by atoms with Crippen molar-refractivity contribution < 1.29 is 9.84 Å². The molecule has 0 aromatic heterocycles. The van der Waals surface area contributed by atoms with Gasteiger partial charge in [-0.25, -0.2) is 0 Å². The van der Waals surface area contributed by atoms with Crippen LogP contribution in [0.3, 0.4) is 0 Å². The van der Waals surface area contributed by atoms with Crippen molar-refractivity contribution in [1.82, 2.24) is 0 Å². The molecule has 94 valence electrons. The Balaban J connectivity index is 2.18. The zero-order chi connectivity index (χ0) is 12.3. The molecule has 4 nitrogen and oxygen atoms in total. The van der Waals surface area contributed by atoms with E-state index < -0.39 is 0 Å². The highest BCUT2D eigenvalue weighted by Crippen LogP contribution is 2.29. The third kappa shape index (κ3) is 2.90. The summed E-state index contributed by atoms with van der Waals surface area (Å²) >= 11 is 6.24. The fraction of sp³-hybridized carbons (Fsp3) is 0.500. The molecule has 0 bridgehead atoms. The van der Waals surface area contributed by atoms with E-state index in [1.165, 1.54) is 0 Å². The van der Waals surface area contributed by atoms with Crippen LogP contribution in [0.2, 0.25) is 5.02 Å². The Morgan fingerprint density at radius 3 is 2.71 bits per heavy atom. The third-order valence-electron chi connectivity index (χ3n) is 2.95. The number of nitrogens with two attached hydrogens (primary N) is 1. The Kier molecular flexibility index (Phi) is 4.23. The van der Waals surface area contributed by atoms with Crippen molar-refractivity contribution >= 4 is 17.3 Å². The zero-order valence-electron chi connectivity index (χ0n) is 9.60. The number of anilines is 1. The van der Waals surface area contributed by atoms with Crippen LogP contribution in [-0.4, -0.2) is 38.0 Å². The van der Waals surface area contributed by atoms with Crippen LogP contribution in [0.15, 0.2) is 18.2 Å². The molecule has 1 aliphatic heterocycles. The first-order chi connectivity index (χ1) is 8.22. The number of morpholine rings is 1. The van der Waals surface area contributed by atoms with Gasteiger partial charge in [-0.2, -0.15) is 0 Å². The first kappa shape index (κ1) is 12.6. The molecule has 2 rings (SSSR count). The van der Waals surface area contributed by atoms with Gasteiger partial charge in [-0.1, -0.05) is 17.7 Å². The summed E-state index contributed by atoms with van der Waals surface area (Å²) in [7, 11) is 0. The van der Waals surface area contributed by atoms with Crippen LogP contribution in [0, 0.1) is 0 Å². The first-order valence-electron chi connectivity index (χ1n) is 5.71. The summed E-state index contributed by atoms with van der Waals surface area (Å²) < 4.78 is 5.30. The first-order valence-corrected chi connectivity index (χ1v) is 6.08. The molecule has 0 radical (unpaired) electrons. The highest BCUT2D eigenvalue weighted by atomic mass is 35.5. The smallest absolute Gasteiger partial charge is 0.0642 e. The fourth-order valence-electron chi connectivity index (χ4n) is 1.92. The fourth-order valence-corrected chi connectivity index (χ4v) is 2.23. The quantitative estimate of drug-likeness (QED) is 0.852. The van der Waals surface area contributed by atoms with Crippen LogP contribution in [-0.2, 0) is 4.74 Å². The lowest BCUT2D eigenvalue weighted by atomic mass is 10.1. The number of aliphatic hydroxyl groups is 1. The minimum atomic E-state index is -0.369. The van der Waals surface area contributed by atoms with E-state index in [0.717, 1.165) is 37.6 Å². The number of halogens is 1. The normalized spacial score (nSPS) is 18.2. The molecule has 1 atom stereocenters. The van der Waals surface area contributed by atoms with Crippen molar-refractivity contribution in [2.75, 3.05) is 37.8 Å². The predicted molar refractivity (Wildman–Crippen MR) is 68.5 cm³/mol. The van der Waals surface area contributed by atoms with Gasteiger partial charge >= 0.3 is 0 Å². The molecule has 0 amide bonds. The Hall–Kier alpha value is -0.810. The molecule has 1 fully saturated rings. The maximum Gasteiger partial charge on any atom is 0.0642 e. The van der Waals surface area contributed by atoms with Crippen LogP contribution in [0.5, 0.6) is 0 Å². The van der Waals surface area contributed by atoms with E-state index in [-0.39, 0.29) is 12.6 Å². The Morgan fingerprint density at radius 2 is 2.12 bits per heavy atom. The van der Waals surface area contributed by atoms with Crippen molar-refractivity contribution in [2.24, 2.45) is 5.73 Å². The molecule has 0 aliphatic carbocycles. The molecule has 1 aromatic rings. The van der Waals surface area contributed by atoms with Gasteiger partial charge in [0.2, 0.25) is 0 Å². The van der Waals surface area contributed by atoms with Gasteiger partial charge in [0, 0.05) is 13.1 Å². The molecule has 1 aliphatic rings. The van der Waals surface area contributed by atoms with Crippen LogP contribution >= 0.6 is 11.6 Å². The molecule has 1 saturated heterocycles. The molecular weight excluding hydrogens is 240 g/mol. The van der Waals surface area contributed by atoms with E-state index in [9.17, 15) is 0 Å². The maximum atomic E-state index is 9.00.